The van der Waals surface area contributed by atoms with Crippen molar-refractivity contribution in [1.29, 1.82) is 0 Å². The van der Waals surface area contributed by atoms with Gasteiger partial charge in [0.1, 0.15) is 5.02 Å². The van der Waals surface area contributed by atoms with Crippen LogP contribution < -0.4 is 4.74 Å². The van der Waals surface area contributed by atoms with Crippen LogP contribution in [0.5, 0.6) is 5.75 Å². The number of hydrogen-bond donors (Lipinski definition) is 0. The molecule has 1 aromatic rings. The van der Waals surface area contributed by atoms with E-state index < -0.39 is 4.92 Å². The molecular formula is C8H7Cl2NO3. The van der Waals surface area contributed by atoms with Gasteiger partial charge in [0.2, 0.25) is 5.75 Å². The molecule has 1 rings (SSSR count). The molecule has 76 valence electrons. The van der Waals surface area contributed by atoms with Gasteiger partial charge in [-0.05, 0) is 19.1 Å². The Labute approximate surface area is 90.5 Å². The van der Waals surface area contributed by atoms with Crippen molar-refractivity contribution in [1.82, 2.24) is 0 Å². The highest BCUT2D eigenvalue weighted by molar-refractivity contribution is 6.36. The van der Waals surface area contributed by atoms with Crippen LogP contribution in [0, 0.1) is 10.1 Å². The van der Waals surface area contributed by atoms with Crippen LogP contribution in [0.3, 0.4) is 0 Å². The molecule has 0 unspecified atom stereocenters. The van der Waals surface area contributed by atoms with Crippen molar-refractivity contribution < 1.29 is 9.66 Å². The molecule has 0 amide bonds. The molecule has 6 heteroatoms. The van der Waals surface area contributed by atoms with Gasteiger partial charge in [-0.1, -0.05) is 23.2 Å². The quantitative estimate of drug-likeness (QED) is 0.597. The van der Waals surface area contributed by atoms with E-state index in [-0.39, 0.29) is 21.5 Å². The fourth-order valence-corrected chi connectivity index (χ4v) is 1.40. The van der Waals surface area contributed by atoms with Crippen molar-refractivity contribution in [2.75, 3.05) is 6.61 Å². The Kier molecular flexibility index (Phi) is 3.55. The van der Waals surface area contributed by atoms with Crippen molar-refractivity contribution in [2.45, 2.75) is 6.92 Å². The first-order valence-corrected chi connectivity index (χ1v) is 4.58. The summed E-state index contributed by atoms with van der Waals surface area (Å²) < 4.78 is 5.05. The smallest absolute Gasteiger partial charge is 0.330 e. The summed E-state index contributed by atoms with van der Waals surface area (Å²) in [6.07, 6.45) is 0. The van der Waals surface area contributed by atoms with E-state index in [4.69, 9.17) is 27.9 Å². The number of nitro benzene ring substituents is 1. The fourth-order valence-electron chi connectivity index (χ4n) is 0.974. The second-order valence-electron chi connectivity index (χ2n) is 2.40. The van der Waals surface area contributed by atoms with E-state index in [2.05, 4.69) is 0 Å². The summed E-state index contributed by atoms with van der Waals surface area (Å²) in [5, 5.41) is 10.9. The Morgan fingerprint density at radius 1 is 1.43 bits per heavy atom. The largest absolute Gasteiger partial charge is 0.486 e. The third-order valence-electron chi connectivity index (χ3n) is 1.51. The molecule has 0 radical (unpaired) electrons. The van der Waals surface area contributed by atoms with E-state index in [9.17, 15) is 10.1 Å². The average Bonchev–Trinajstić information content (AvgIpc) is 2.11. The number of rotatable bonds is 3. The van der Waals surface area contributed by atoms with Crippen LogP contribution in [-0.2, 0) is 0 Å². The molecule has 4 nitrogen and oxygen atoms in total. The Balaban J connectivity index is 3.33. The lowest BCUT2D eigenvalue weighted by Gasteiger charge is -2.06. The molecule has 1 aromatic carbocycles. The van der Waals surface area contributed by atoms with E-state index in [1.54, 1.807) is 6.92 Å². The molecule has 0 aliphatic heterocycles. The number of nitro groups is 1. The normalized spacial score (nSPS) is 9.93. The third kappa shape index (κ3) is 2.08. The first-order valence-electron chi connectivity index (χ1n) is 3.83. The van der Waals surface area contributed by atoms with Crippen LogP contribution in [-0.4, -0.2) is 11.5 Å². The zero-order valence-corrected chi connectivity index (χ0v) is 8.80. The second kappa shape index (κ2) is 4.48. The van der Waals surface area contributed by atoms with Crippen molar-refractivity contribution >= 4 is 28.9 Å². The van der Waals surface area contributed by atoms with Gasteiger partial charge in [0.15, 0.2) is 0 Å². The third-order valence-corrected chi connectivity index (χ3v) is 2.11. The maximum absolute atomic E-state index is 10.7. The molecule has 0 aromatic heterocycles. The second-order valence-corrected chi connectivity index (χ2v) is 3.21. The summed E-state index contributed by atoms with van der Waals surface area (Å²) in [5.74, 6) is 0.0201. The highest BCUT2D eigenvalue weighted by Crippen LogP contribution is 2.40. The van der Waals surface area contributed by atoms with E-state index >= 15 is 0 Å². The molecule has 0 aliphatic rings. The Bertz CT molecular complexity index is 368. The Morgan fingerprint density at radius 3 is 2.50 bits per heavy atom. The summed E-state index contributed by atoms with van der Waals surface area (Å²) in [6.45, 7) is 2.00. The predicted octanol–water partition coefficient (Wildman–Crippen LogP) is 3.30. The highest BCUT2D eigenvalue weighted by Gasteiger charge is 2.22. The summed E-state index contributed by atoms with van der Waals surface area (Å²) >= 11 is 11.4. The number of nitrogens with zero attached hydrogens (tertiary/aromatic N) is 1. The number of benzene rings is 1. The van der Waals surface area contributed by atoms with E-state index in [1.807, 2.05) is 0 Å². The molecule has 0 N–H and O–H groups in total. The standard InChI is InChI=1S/C8H7Cl2NO3/c1-2-14-8-6(10)4-3-5(9)7(8)11(12)13/h3-4H,2H2,1H3. The maximum atomic E-state index is 10.7. The first kappa shape index (κ1) is 11.1. The minimum Gasteiger partial charge on any atom is -0.486 e. The minimum atomic E-state index is -0.612. The zero-order valence-electron chi connectivity index (χ0n) is 7.29. The van der Waals surface area contributed by atoms with Crippen molar-refractivity contribution in [2.24, 2.45) is 0 Å². The van der Waals surface area contributed by atoms with Crippen LogP contribution >= 0.6 is 23.2 Å². The number of hydrogen-bond acceptors (Lipinski definition) is 3. The van der Waals surface area contributed by atoms with Gasteiger partial charge in [-0.2, -0.15) is 0 Å². The maximum Gasteiger partial charge on any atom is 0.330 e. The van der Waals surface area contributed by atoms with Gasteiger partial charge in [-0.15, -0.1) is 0 Å². The Hall–Kier alpha value is -1.00. The van der Waals surface area contributed by atoms with Crippen LogP contribution in [0.25, 0.3) is 0 Å². The van der Waals surface area contributed by atoms with Gasteiger partial charge in [-0.3, -0.25) is 10.1 Å². The molecule has 14 heavy (non-hydrogen) atoms. The Morgan fingerprint density at radius 2 is 2.00 bits per heavy atom. The van der Waals surface area contributed by atoms with Gasteiger partial charge >= 0.3 is 5.69 Å². The van der Waals surface area contributed by atoms with Crippen molar-refractivity contribution in [3.63, 3.8) is 0 Å². The topological polar surface area (TPSA) is 52.4 Å². The van der Waals surface area contributed by atoms with Crippen molar-refractivity contribution in [3.8, 4) is 5.75 Å². The molecule has 0 aliphatic carbocycles. The molecule has 0 saturated heterocycles. The van der Waals surface area contributed by atoms with Gasteiger partial charge in [0, 0.05) is 0 Å². The minimum absolute atomic E-state index is 0.0165. The predicted molar refractivity (Wildman–Crippen MR) is 54.3 cm³/mol. The lowest BCUT2D eigenvalue weighted by molar-refractivity contribution is -0.385. The van der Waals surface area contributed by atoms with Gasteiger partial charge in [0.25, 0.3) is 0 Å². The zero-order chi connectivity index (χ0) is 10.7. The van der Waals surface area contributed by atoms with Crippen LogP contribution in [0.15, 0.2) is 12.1 Å². The fraction of sp³-hybridized carbons (Fsp3) is 0.250. The lowest BCUT2D eigenvalue weighted by atomic mass is 10.3. The SMILES string of the molecule is CCOc1c(Cl)ccc(Cl)c1[N+](=O)[O-]. The summed E-state index contributed by atoms with van der Waals surface area (Å²) in [4.78, 5) is 10.0. The average molecular weight is 236 g/mol. The molecule has 0 atom stereocenters. The summed E-state index contributed by atoms with van der Waals surface area (Å²) in [5.41, 5.74) is -0.291. The highest BCUT2D eigenvalue weighted by atomic mass is 35.5. The molecule has 0 heterocycles. The first-order chi connectivity index (χ1) is 6.57. The lowest BCUT2D eigenvalue weighted by Crippen LogP contribution is -1.98. The van der Waals surface area contributed by atoms with E-state index in [1.165, 1.54) is 12.1 Å². The van der Waals surface area contributed by atoms with Crippen LogP contribution in [0.2, 0.25) is 10.0 Å². The molecular weight excluding hydrogens is 229 g/mol. The summed E-state index contributed by atoms with van der Waals surface area (Å²) in [6, 6.07) is 2.83. The molecule has 0 fully saturated rings. The van der Waals surface area contributed by atoms with Crippen molar-refractivity contribution in [3.05, 3.63) is 32.3 Å². The molecule has 0 saturated carbocycles. The molecule has 0 spiro atoms. The summed E-state index contributed by atoms with van der Waals surface area (Å²) in [7, 11) is 0. The van der Waals surface area contributed by atoms with Gasteiger partial charge in [0.05, 0.1) is 16.6 Å². The number of halogens is 2. The van der Waals surface area contributed by atoms with Crippen LogP contribution in [0.1, 0.15) is 6.92 Å². The van der Waals surface area contributed by atoms with E-state index in [0.29, 0.717) is 6.61 Å². The van der Waals surface area contributed by atoms with Crippen LogP contribution in [0.4, 0.5) is 5.69 Å². The van der Waals surface area contributed by atoms with Gasteiger partial charge < -0.3 is 4.74 Å². The van der Waals surface area contributed by atoms with E-state index in [0.717, 1.165) is 0 Å². The number of ether oxygens (including phenoxy) is 1. The molecule has 0 bridgehead atoms. The van der Waals surface area contributed by atoms with Gasteiger partial charge in [-0.25, -0.2) is 0 Å². The monoisotopic (exact) mass is 235 g/mol.